The Bertz CT molecular complexity index is 665. The van der Waals surface area contributed by atoms with Gasteiger partial charge in [-0.15, -0.1) is 0 Å². The number of hydrogen-bond donors (Lipinski definition) is 2. The molecule has 6 nitrogen and oxygen atoms in total. The van der Waals surface area contributed by atoms with E-state index in [1.807, 2.05) is 0 Å². The number of methoxy groups -OCH3 is 1. The summed E-state index contributed by atoms with van der Waals surface area (Å²) in [5, 5.41) is 6.76. The van der Waals surface area contributed by atoms with Crippen LogP contribution in [0.15, 0.2) is 30.6 Å². The summed E-state index contributed by atoms with van der Waals surface area (Å²) in [6, 6.07) is 5.03. The Kier molecular flexibility index (Phi) is 6.58. The monoisotopic (exact) mass is 354 g/mol. The quantitative estimate of drug-likeness (QED) is 0.746. The fraction of sp³-hybridized carbons (Fsp3) is 0.267. The fourth-order valence-electron chi connectivity index (χ4n) is 1.74. The van der Waals surface area contributed by atoms with Crippen molar-refractivity contribution in [3.05, 3.63) is 46.2 Å². The van der Waals surface area contributed by atoms with Crippen molar-refractivity contribution in [2.75, 3.05) is 25.6 Å². The zero-order valence-electron chi connectivity index (χ0n) is 12.5. The number of benzene rings is 1. The smallest absolute Gasteiger partial charge is 0.254 e. The van der Waals surface area contributed by atoms with E-state index < -0.39 is 0 Å². The molecule has 0 unspecified atom stereocenters. The molecule has 0 aliphatic carbocycles. The molecule has 0 atom stereocenters. The summed E-state index contributed by atoms with van der Waals surface area (Å²) >= 11 is 12.0. The lowest BCUT2D eigenvalue weighted by Crippen LogP contribution is -2.25. The van der Waals surface area contributed by atoms with E-state index in [1.54, 1.807) is 25.3 Å². The van der Waals surface area contributed by atoms with Gasteiger partial charge in [-0.1, -0.05) is 23.2 Å². The molecule has 0 saturated carbocycles. The fourth-order valence-corrected chi connectivity index (χ4v) is 2.08. The second-order valence-corrected chi connectivity index (χ2v) is 5.49. The highest BCUT2D eigenvalue weighted by Gasteiger charge is 2.08. The maximum Gasteiger partial charge on any atom is 0.254 e. The molecule has 122 valence electrons. The molecule has 0 aliphatic rings. The van der Waals surface area contributed by atoms with Gasteiger partial charge in [0.05, 0.1) is 16.3 Å². The average Bonchev–Trinajstić information content (AvgIpc) is 2.55. The van der Waals surface area contributed by atoms with Crippen LogP contribution >= 0.6 is 23.2 Å². The number of halogens is 2. The van der Waals surface area contributed by atoms with Crippen molar-refractivity contribution in [1.29, 1.82) is 0 Å². The summed E-state index contributed by atoms with van der Waals surface area (Å²) in [5.41, 5.74) is 0.973. The van der Waals surface area contributed by atoms with Gasteiger partial charge in [-0.05, 0) is 24.6 Å². The number of amides is 1. The second kappa shape index (κ2) is 8.67. The summed E-state index contributed by atoms with van der Waals surface area (Å²) < 4.78 is 4.92. The molecule has 1 heterocycles. The lowest BCUT2D eigenvalue weighted by atomic mass is 10.3. The van der Waals surface area contributed by atoms with Gasteiger partial charge in [-0.3, -0.25) is 4.79 Å². The summed E-state index contributed by atoms with van der Waals surface area (Å²) in [6.45, 7) is 1.13. The van der Waals surface area contributed by atoms with Crippen molar-refractivity contribution < 1.29 is 9.53 Å². The number of hydrogen-bond acceptors (Lipinski definition) is 5. The molecule has 2 aromatic rings. The Morgan fingerprint density at radius 1 is 1.26 bits per heavy atom. The van der Waals surface area contributed by atoms with Gasteiger partial charge < -0.3 is 15.4 Å². The van der Waals surface area contributed by atoms with Gasteiger partial charge in [0.2, 0.25) is 5.95 Å². The minimum Gasteiger partial charge on any atom is -0.385 e. The van der Waals surface area contributed by atoms with Crippen LogP contribution in [0.2, 0.25) is 10.0 Å². The van der Waals surface area contributed by atoms with E-state index in [0.717, 1.165) is 6.42 Å². The molecule has 2 N–H and O–H groups in total. The van der Waals surface area contributed by atoms with Crippen LogP contribution in [0.25, 0.3) is 0 Å². The zero-order chi connectivity index (χ0) is 16.7. The van der Waals surface area contributed by atoms with Crippen molar-refractivity contribution in [2.45, 2.75) is 6.42 Å². The highest BCUT2D eigenvalue weighted by molar-refractivity contribution is 6.35. The molecule has 0 radical (unpaired) electrons. The van der Waals surface area contributed by atoms with Crippen molar-refractivity contribution in [3.63, 3.8) is 0 Å². The van der Waals surface area contributed by atoms with Crippen LogP contribution in [-0.2, 0) is 4.74 Å². The first-order valence-corrected chi connectivity index (χ1v) is 7.67. The second-order valence-electron chi connectivity index (χ2n) is 4.65. The molecule has 8 heteroatoms. The molecular formula is C15H16Cl2N4O2. The summed E-state index contributed by atoms with van der Waals surface area (Å²) in [4.78, 5) is 20.1. The number of carbonyl (C=O) groups is 1. The Morgan fingerprint density at radius 3 is 2.70 bits per heavy atom. The van der Waals surface area contributed by atoms with Crippen LogP contribution in [0.3, 0.4) is 0 Å². The van der Waals surface area contributed by atoms with E-state index in [9.17, 15) is 4.79 Å². The van der Waals surface area contributed by atoms with Crippen molar-refractivity contribution in [1.82, 2.24) is 15.3 Å². The van der Waals surface area contributed by atoms with Gasteiger partial charge in [-0.2, -0.15) is 0 Å². The maximum absolute atomic E-state index is 11.9. The van der Waals surface area contributed by atoms with Crippen molar-refractivity contribution in [2.24, 2.45) is 0 Å². The molecule has 23 heavy (non-hydrogen) atoms. The third-order valence-corrected chi connectivity index (χ3v) is 3.46. The minimum absolute atomic E-state index is 0.228. The predicted molar refractivity (Wildman–Crippen MR) is 90.6 cm³/mol. The SMILES string of the molecule is COCCCNC(=O)c1cnc(Nc2cc(Cl)ccc2Cl)nc1. The van der Waals surface area contributed by atoms with Crippen LogP contribution in [-0.4, -0.2) is 36.1 Å². The third-order valence-electron chi connectivity index (χ3n) is 2.90. The van der Waals surface area contributed by atoms with Gasteiger partial charge >= 0.3 is 0 Å². The van der Waals surface area contributed by atoms with Crippen molar-refractivity contribution in [3.8, 4) is 0 Å². The first-order valence-electron chi connectivity index (χ1n) is 6.91. The Hall–Kier alpha value is -1.89. The number of nitrogens with one attached hydrogen (secondary N) is 2. The third kappa shape index (κ3) is 5.35. The van der Waals surface area contributed by atoms with Crippen LogP contribution in [0.5, 0.6) is 0 Å². The van der Waals surface area contributed by atoms with Crippen LogP contribution < -0.4 is 10.6 Å². The van der Waals surface area contributed by atoms with Crippen LogP contribution in [0.1, 0.15) is 16.8 Å². The molecule has 2 rings (SSSR count). The largest absolute Gasteiger partial charge is 0.385 e. The molecule has 0 spiro atoms. The number of aromatic nitrogens is 2. The average molecular weight is 355 g/mol. The Morgan fingerprint density at radius 2 is 2.00 bits per heavy atom. The number of nitrogens with zero attached hydrogens (tertiary/aromatic N) is 2. The number of rotatable bonds is 7. The molecule has 0 aliphatic heterocycles. The topological polar surface area (TPSA) is 76.1 Å². The Labute approximate surface area is 144 Å². The van der Waals surface area contributed by atoms with E-state index in [0.29, 0.717) is 40.4 Å². The van der Waals surface area contributed by atoms with Gasteiger partial charge in [0.15, 0.2) is 0 Å². The van der Waals surface area contributed by atoms with E-state index in [2.05, 4.69) is 20.6 Å². The first kappa shape index (κ1) is 17.5. The van der Waals surface area contributed by atoms with Crippen LogP contribution in [0, 0.1) is 0 Å². The van der Waals surface area contributed by atoms with E-state index >= 15 is 0 Å². The predicted octanol–water partition coefficient (Wildman–Crippen LogP) is 3.29. The summed E-state index contributed by atoms with van der Waals surface area (Å²) in [6.07, 6.45) is 3.63. The van der Waals surface area contributed by atoms with Gasteiger partial charge in [-0.25, -0.2) is 9.97 Å². The minimum atomic E-state index is -0.228. The normalized spacial score (nSPS) is 10.4. The van der Waals surface area contributed by atoms with Crippen LogP contribution in [0.4, 0.5) is 11.6 Å². The highest BCUT2D eigenvalue weighted by atomic mass is 35.5. The standard InChI is InChI=1S/C15H16Cl2N4O2/c1-23-6-2-5-18-14(22)10-8-19-15(20-9-10)21-13-7-11(16)3-4-12(13)17/h3-4,7-9H,2,5-6H2,1H3,(H,18,22)(H,19,20,21). The molecule has 1 aromatic carbocycles. The first-order chi connectivity index (χ1) is 11.1. The van der Waals surface area contributed by atoms with E-state index in [4.69, 9.17) is 27.9 Å². The lowest BCUT2D eigenvalue weighted by Gasteiger charge is -2.08. The highest BCUT2D eigenvalue weighted by Crippen LogP contribution is 2.27. The van der Waals surface area contributed by atoms with Gasteiger partial charge in [0.1, 0.15) is 0 Å². The van der Waals surface area contributed by atoms with Crippen molar-refractivity contribution >= 4 is 40.7 Å². The molecule has 1 amide bonds. The number of ether oxygens (including phenoxy) is 1. The molecule has 0 fully saturated rings. The van der Waals surface area contributed by atoms with E-state index in [-0.39, 0.29) is 5.91 Å². The summed E-state index contributed by atoms with van der Waals surface area (Å²) in [7, 11) is 1.62. The van der Waals surface area contributed by atoms with Gasteiger partial charge in [0.25, 0.3) is 5.91 Å². The maximum atomic E-state index is 11.9. The summed E-state index contributed by atoms with van der Waals surface area (Å²) in [5.74, 6) is 0.0959. The molecule has 0 saturated heterocycles. The number of carbonyl (C=O) groups excluding carboxylic acids is 1. The molecular weight excluding hydrogens is 339 g/mol. The lowest BCUT2D eigenvalue weighted by molar-refractivity contribution is 0.0948. The van der Waals surface area contributed by atoms with E-state index in [1.165, 1.54) is 12.4 Å². The molecule has 0 bridgehead atoms. The van der Waals surface area contributed by atoms with Gasteiger partial charge in [0, 0.05) is 37.7 Å². The Balaban J connectivity index is 1.96. The zero-order valence-corrected chi connectivity index (χ0v) is 14.0. The molecule has 1 aromatic heterocycles. The number of anilines is 2.